The molecule has 0 aromatic heterocycles. The zero-order chi connectivity index (χ0) is 6.57. The van der Waals surface area contributed by atoms with Crippen LogP contribution >= 0.6 is 0 Å². The molecular formula is C2H6AlNO4. The number of carbonyl (C=O) groups excluding carboxylic acids is 1. The molecule has 5 nitrogen and oxygen atoms in total. The average molecular weight is 135 g/mol. The van der Waals surface area contributed by atoms with Crippen molar-refractivity contribution in [3.8, 4) is 0 Å². The molecule has 0 aliphatic heterocycles. The lowest BCUT2D eigenvalue weighted by molar-refractivity contribution is -0.240. The number of carbonyl (C=O) groups is 1. The summed E-state index contributed by atoms with van der Waals surface area (Å²) >= 11 is -1.61. The highest BCUT2D eigenvalue weighted by atomic mass is 27.1. The van der Waals surface area contributed by atoms with Gasteiger partial charge in [-0.15, -0.1) is 4.21 Å². The van der Waals surface area contributed by atoms with Crippen LogP contribution in [0.3, 0.4) is 0 Å². The van der Waals surface area contributed by atoms with Gasteiger partial charge in [-0.2, -0.15) is 0 Å². The highest BCUT2D eigenvalue weighted by Crippen LogP contribution is 1.72. The lowest BCUT2D eigenvalue weighted by Gasteiger charge is -2.01. The number of rotatable bonds is 2. The maximum atomic E-state index is 9.91. The van der Waals surface area contributed by atoms with Crippen molar-refractivity contribution < 1.29 is 19.0 Å². The highest BCUT2D eigenvalue weighted by molar-refractivity contribution is 6.25. The van der Waals surface area contributed by atoms with E-state index < -0.39 is 21.7 Å². The number of nitrogens with zero attached hydrogens (tertiary/aromatic N) is 1. The van der Waals surface area contributed by atoms with Crippen LogP contribution < -0.4 is 0 Å². The molecule has 6 heteroatoms. The molecule has 8 heavy (non-hydrogen) atoms. The fraction of sp³-hybridized carbons (Fsp3) is 0.500. The van der Waals surface area contributed by atoms with E-state index >= 15 is 0 Å². The highest BCUT2D eigenvalue weighted by Gasteiger charge is 2.05. The van der Waals surface area contributed by atoms with Gasteiger partial charge in [0.25, 0.3) is 5.97 Å². The Bertz CT molecular complexity index is 84.1. The van der Waals surface area contributed by atoms with E-state index in [0.717, 1.165) is 0 Å². The molecule has 0 heterocycles. The quantitative estimate of drug-likeness (QED) is 0.371. The minimum Gasteiger partial charge on any atom is -0.605 e. The van der Waals surface area contributed by atoms with E-state index in [1.54, 1.807) is 0 Å². The Morgan fingerprint density at radius 3 is 2.38 bits per heavy atom. The molecule has 0 fully saturated rings. The topological polar surface area (TPSA) is 70.0 Å². The summed E-state index contributed by atoms with van der Waals surface area (Å²) in [7, 11) is 0. The van der Waals surface area contributed by atoms with Gasteiger partial charge >= 0.3 is 15.8 Å². The second-order valence-corrected chi connectivity index (χ2v) is 2.25. The SMILES string of the molecule is CC(=O)[O][AlH][N](O)O. The number of hydrogen-bond acceptors (Lipinski definition) is 5. The summed E-state index contributed by atoms with van der Waals surface area (Å²) in [5, 5.41) is 15.9. The van der Waals surface area contributed by atoms with Gasteiger partial charge in [-0.05, 0) is 0 Å². The molecule has 0 rings (SSSR count). The lowest BCUT2D eigenvalue weighted by atomic mass is 10.9. The molecule has 0 bridgehead atoms. The van der Waals surface area contributed by atoms with Gasteiger partial charge in [-0.25, -0.2) is 0 Å². The molecule has 0 amide bonds. The molecular weight excluding hydrogens is 129 g/mol. The summed E-state index contributed by atoms with van der Waals surface area (Å²) in [6.45, 7) is 1.20. The van der Waals surface area contributed by atoms with E-state index in [1.807, 2.05) is 0 Å². The van der Waals surface area contributed by atoms with Crippen molar-refractivity contribution in [1.82, 2.24) is 4.21 Å². The third-order valence-corrected chi connectivity index (χ3v) is 1.15. The molecule has 0 saturated carbocycles. The molecule has 0 aromatic carbocycles. The molecule has 0 aliphatic rings. The van der Waals surface area contributed by atoms with Crippen LogP contribution in [0.5, 0.6) is 0 Å². The van der Waals surface area contributed by atoms with Gasteiger partial charge in [0.1, 0.15) is 0 Å². The first kappa shape index (κ1) is 7.88. The summed E-state index contributed by atoms with van der Waals surface area (Å²) in [6.07, 6.45) is 0. The summed E-state index contributed by atoms with van der Waals surface area (Å²) in [4.78, 5) is 9.91. The Morgan fingerprint density at radius 1 is 1.75 bits per heavy atom. The van der Waals surface area contributed by atoms with Gasteiger partial charge < -0.3 is 14.2 Å². The standard InChI is InChI=1S/C2H4O2.Al.H2NO2.H/c1-2(3)4;;2-1-3;/h1H3,(H,3,4);;2-3H;/q;+2;-1;/p-1. The summed E-state index contributed by atoms with van der Waals surface area (Å²) < 4.78 is 4.15. The molecule has 0 saturated heterocycles. The fourth-order valence-electron chi connectivity index (χ4n) is 0.149. The lowest BCUT2D eigenvalue weighted by Crippen LogP contribution is -2.23. The van der Waals surface area contributed by atoms with Crippen molar-refractivity contribution in [1.29, 1.82) is 0 Å². The molecule has 0 radical (unpaired) electrons. The van der Waals surface area contributed by atoms with Crippen molar-refractivity contribution in [2.24, 2.45) is 0 Å². The van der Waals surface area contributed by atoms with E-state index in [-0.39, 0.29) is 4.21 Å². The normalized spacial score (nSPS) is 9.00. The molecule has 46 valence electrons. The van der Waals surface area contributed by atoms with Crippen LogP contribution in [0.25, 0.3) is 0 Å². The van der Waals surface area contributed by atoms with Crippen molar-refractivity contribution in [2.45, 2.75) is 6.92 Å². The largest absolute Gasteiger partial charge is 0.703 e. The van der Waals surface area contributed by atoms with Crippen LogP contribution in [0.2, 0.25) is 0 Å². The van der Waals surface area contributed by atoms with E-state index in [9.17, 15) is 4.79 Å². The molecule has 2 N–H and O–H groups in total. The predicted octanol–water partition coefficient (Wildman–Crippen LogP) is -1.10. The smallest absolute Gasteiger partial charge is 0.605 e. The van der Waals surface area contributed by atoms with E-state index in [1.165, 1.54) is 6.92 Å². The van der Waals surface area contributed by atoms with Crippen LogP contribution in [0.1, 0.15) is 6.92 Å². The number of hydrogen-bond donors (Lipinski definition) is 2. The van der Waals surface area contributed by atoms with Crippen LogP contribution in [0, 0.1) is 0 Å². The Balaban J connectivity index is 3.05. The Labute approximate surface area is 52.6 Å². The van der Waals surface area contributed by atoms with E-state index in [0.29, 0.717) is 0 Å². The van der Waals surface area contributed by atoms with Gasteiger partial charge in [0.15, 0.2) is 0 Å². The van der Waals surface area contributed by atoms with Crippen molar-refractivity contribution in [3.63, 3.8) is 0 Å². The first-order valence-electron chi connectivity index (χ1n) is 1.91. The minimum atomic E-state index is -1.61. The molecule has 0 unspecified atom stereocenters. The Morgan fingerprint density at radius 2 is 2.25 bits per heavy atom. The van der Waals surface area contributed by atoms with Gasteiger partial charge in [0.2, 0.25) is 0 Å². The van der Waals surface area contributed by atoms with Crippen LogP contribution in [-0.2, 0) is 8.58 Å². The second-order valence-electron chi connectivity index (χ2n) is 1.14. The molecule has 0 spiro atoms. The van der Waals surface area contributed by atoms with Gasteiger partial charge in [-0.1, -0.05) is 0 Å². The van der Waals surface area contributed by atoms with Gasteiger partial charge in [0.05, 0.1) is 0 Å². The van der Waals surface area contributed by atoms with Crippen molar-refractivity contribution in [2.75, 3.05) is 0 Å². The molecule has 0 aliphatic carbocycles. The van der Waals surface area contributed by atoms with E-state index in [4.69, 9.17) is 10.4 Å². The maximum Gasteiger partial charge on any atom is 0.703 e. The van der Waals surface area contributed by atoms with E-state index in [2.05, 4.69) is 3.79 Å². The molecule has 0 atom stereocenters. The molecule has 0 aromatic rings. The first-order chi connectivity index (χ1) is 3.63. The third kappa shape index (κ3) is 5.88. The van der Waals surface area contributed by atoms with Crippen molar-refractivity contribution >= 4 is 21.7 Å². The summed E-state index contributed by atoms with van der Waals surface area (Å²) in [6, 6.07) is 0. The zero-order valence-electron chi connectivity index (χ0n) is 4.37. The third-order valence-electron chi connectivity index (χ3n) is 0.383. The predicted molar refractivity (Wildman–Crippen MR) is 24.3 cm³/mol. The minimum absolute atomic E-state index is 0.0819. The monoisotopic (exact) mass is 135 g/mol. The Kier molecular flexibility index (Phi) is 3.78. The van der Waals surface area contributed by atoms with Crippen LogP contribution in [0.15, 0.2) is 0 Å². The van der Waals surface area contributed by atoms with Gasteiger partial charge in [0, 0.05) is 6.92 Å². The maximum absolute atomic E-state index is 9.91. The van der Waals surface area contributed by atoms with Gasteiger partial charge in [-0.3, -0.25) is 4.79 Å². The summed E-state index contributed by atoms with van der Waals surface area (Å²) in [5.41, 5.74) is 0. The second kappa shape index (κ2) is 3.83. The van der Waals surface area contributed by atoms with Crippen LogP contribution in [0.4, 0.5) is 0 Å². The zero-order valence-corrected chi connectivity index (χ0v) is 5.78. The van der Waals surface area contributed by atoms with Crippen LogP contribution in [-0.4, -0.2) is 36.4 Å². The van der Waals surface area contributed by atoms with Crippen molar-refractivity contribution in [3.05, 3.63) is 0 Å². The summed E-state index contributed by atoms with van der Waals surface area (Å²) in [5.74, 6) is -0.496. The first-order valence-corrected chi connectivity index (χ1v) is 3.12. The Hall–Kier alpha value is -0.118. The fourth-order valence-corrected chi connectivity index (χ4v) is 0.446. The average Bonchev–Trinajstić information content (AvgIpc) is 1.61.